The number of fused-ring (bicyclic) bond motifs is 1. The zero-order valence-corrected chi connectivity index (χ0v) is 9.41. The Bertz CT molecular complexity index is 403. The molecule has 0 amide bonds. The molecule has 0 spiro atoms. The highest BCUT2D eigenvalue weighted by molar-refractivity contribution is 9.10. The molecule has 2 rings (SSSR count). The van der Waals surface area contributed by atoms with Gasteiger partial charge in [-0.2, -0.15) is 0 Å². The molecule has 1 aliphatic rings. The molecule has 0 saturated heterocycles. The molecule has 1 aliphatic heterocycles. The van der Waals surface area contributed by atoms with Gasteiger partial charge in [0.25, 0.3) is 0 Å². The first-order valence-corrected chi connectivity index (χ1v) is 5.20. The van der Waals surface area contributed by atoms with Crippen LogP contribution in [0, 0.1) is 0 Å². The van der Waals surface area contributed by atoms with E-state index < -0.39 is 5.97 Å². The number of hydrogen-bond donors (Lipinski definition) is 1. The molecule has 1 aromatic carbocycles. The van der Waals surface area contributed by atoms with Crippen molar-refractivity contribution in [1.29, 1.82) is 0 Å². The number of carboxylic acids is 1. The van der Waals surface area contributed by atoms with Crippen LogP contribution in [0.25, 0.3) is 0 Å². The summed E-state index contributed by atoms with van der Waals surface area (Å²) in [5.41, 5.74) is 1.62. The van der Waals surface area contributed by atoms with Gasteiger partial charge in [0.1, 0.15) is 5.75 Å². The first kappa shape index (κ1) is 10.4. The first-order chi connectivity index (χ1) is 7.16. The molecule has 0 atom stereocenters. The summed E-state index contributed by atoms with van der Waals surface area (Å²) in [7, 11) is 0. The number of carbonyl (C=O) groups is 1. The zero-order chi connectivity index (χ0) is 10.8. The number of carboxylic acid groups (broad SMARTS) is 1. The van der Waals surface area contributed by atoms with Crippen molar-refractivity contribution in [3.8, 4) is 5.75 Å². The Morgan fingerprint density at radius 3 is 3.07 bits per heavy atom. The number of benzene rings is 1. The van der Waals surface area contributed by atoms with E-state index in [4.69, 9.17) is 14.6 Å². The summed E-state index contributed by atoms with van der Waals surface area (Å²) in [6.07, 6.45) is 0.00583. The van der Waals surface area contributed by atoms with Crippen molar-refractivity contribution in [3.05, 3.63) is 27.7 Å². The second kappa shape index (κ2) is 4.20. The minimum atomic E-state index is -0.848. The Labute approximate surface area is 94.9 Å². The maximum absolute atomic E-state index is 10.6. The van der Waals surface area contributed by atoms with Gasteiger partial charge >= 0.3 is 5.97 Å². The molecule has 80 valence electrons. The van der Waals surface area contributed by atoms with E-state index in [9.17, 15) is 4.79 Å². The van der Waals surface area contributed by atoms with Crippen molar-refractivity contribution < 1.29 is 19.4 Å². The van der Waals surface area contributed by atoms with Gasteiger partial charge in [-0.3, -0.25) is 4.79 Å². The molecule has 1 heterocycles. The maximum Gasteiger partial charge on any atom is 0.307 e. The molecule has 0 saturated carbocycles. The van der Waals surface area contributed by atoms with Gasteiger partial charge in [0.15, 0.2) is 6.79 Å². The molecule has 1 aromatic rings. The number of aliphatic carboxylic acids is 1. The highest BCUT2D eigenvalue weighted by Gasteiger charge is 2.15. The van der Waals surface area contributed by atoms with Crippen molar-refractivity contribution in [2.75, 3.05) is 6.79 Å². The summed E-state index contributed by atoms with van der Waals surface area (Å²) in [5.74, 6) is -0.102. The molecule has 0 unspecified atom stereocenters. The second-order valence-corrected chi connectivity index (χ2v) is 4.10. The van der Waals surface area contributed by atoms with E-state index in [1.54, 1.807) is 12.1 Å². The summed E-state index contributed by atoms with van der Waals surface area (Å²) in [5, 5.41) is 8.68. The Balaban J connectivity index is 2.36. The fourth-order valence-corrected chi connectivity index (χ4v) is 2.17. The average molecular weight is 273 g/mol. The Hall–Kier alpha value is -1.07. The Morgan fingerprint density at radius 1 is 1.53 bits per heavy atom. The van der Waals surface area contributed by atoms with Crippen molar-refractivity contribution in [1.82, 2.24) is 0 Å². The van der Waals surface area contributed by atoms with Crippen LogP contribution in [0.1, 0.15) is 11.1 Å². The molecule has 0 radical (unpaired) electrons. The van der Waals surface area contributed by atoms with Crippen LogP contribution < -0.4 is 4.74 Å². The fourth-order valence-electron chi connectivity index (χ4n) is 1.51. The summed E-state index contributed by atoms with van der Waals surface area (Å²) >= 11 is 3.35. The Morgan fingerprint density at radius 2 is 2.33 bits per heavy atom. The molecule has 0 fully saturated rings. The lowest BCUT2D eigenvalue weighted by atomic mass is 10.1. The monoisotopic (exact) mass is 272 g/mol. The maximum atomic E-state index is 10.6. The summed E-state index contributed by atoms with van der Waals surface area (Å²) in [4.78, 5) is 10.6. The molecular weight excluding hydrogens is 264 g/mol. The fraction of sp³-hybridized carbons (Fsp3) is 0.300. The van der Waals surface area contributed by atoms with Crippen LogP contribution in [0.15, 0.2) is 16.6 Å². The lowest BCUT2D eigenvalue weighted by molar-refractivity contribution is -0.136. The zero-order valence-electron chi connectivity index (χ0n) is 7.83. The average Bonchev–Trinajstić information content (AvgIpc) is 2.16. The molecule has 15 heavy (non-hydrogen) atoms. The van der Waals surface area contributed by atoms with Crippen molar-refractivity contribution >= 4 is 21.9 Å². The third kappa shape index (κ3) is 2.30. The molecule has 0 aliphatic carbocycles. The van der Waals surface area contributed by atoms with E-state index in [2.05, 4.69) is 15.9 Å². The van der Waals surface area contributed by atoms with Gasteiger partial charge < -0.3 is 14.6 Å². The summed E-state index contributed by atoms with van der Waals surface area (Å²) < 4.78 is 11.2. The lowest BCUT2D eigenvalue weighted by Gasteiger charge is -2.19. The van der Waals surface area contributed by atoms with Gasteiger partial charge in [-0.05, 0) is 33.6 Å². The van der Waals surface area contributed by atoms with Gasteiger partial charge in [-0.1, -0.05) is 0 Å². The van der Waals surface area contributed by atoms with E-state index >= 15 is 0 Å². The van der Waals surface area contributed by atoms with Crippen LogP contribution >= 0.6 is 15.9 Å². The molecule has 5 heteroatoms. The van der Waals surface area contributed by atoms with Crippen LogP contribution in [0.4, 0.5) is 0 Å². The van der Waals surface area contributed by atoms with Gasteiger partial charge in [0.2, 0.25) is 0 Å². The third-order valence-electron chi connectivity index (χ3n) is 2.08. The highest BCUT2D eigenvalue weighted by atomic mass is 79.9. The standard InChI is InChI=1S/C10H9BrO4/c11-8-2-6(3-9(12)13)1-7-4-14-5-15-10(7)8/h1-2H,3-5H2,(H,12,13). The highest BCUT2D eigenvalue weighted by Crippen LogP contribution is 2.33. The molecule has 1 N–H and O–H groups in total. The van der Waals surface area contributed by atoms with E-state index in [0.29, 0.717) is 6.61 Å². The van der Waals surface area contributed by atoms with Crippen LogP contribution in [-0.4, -0.2) is 17.9 Å². The van der Waals surface area contributed by atoms with Crippen LogP contribution in [0.5, 0.6) is 5.75 Å². The van der Waals surface area contributed by atoms with Crippen LogP contribution in [0.2, 0.25) is 0 Å². The molecule has 0 aromatic heterocycles. The summed E-state index contributed by atoms with van der Waals surface area (Å²) in [6.45, 7) is 0.700. The third-order valence-corrected chi connectivity index (χ3v) is 2.67. The topological polar surface area (TPSA) is 55.8 Å². The van der Waals surface area contributed by atoms with Gasteiger partial charge in [0.05, 0.1) is 17.5 Å². The number of rotatable bonds is 2. The van der Waals surface area contributed by atoms with Crippen LogP contribution in [-0.2, 0) is 22.6 Å². The predicted molar refractivity (Wildman–Crippen MR) is 55.8 cm³/mol. The smallest absolute Gasteiger partial charge is 0.307 e. The molecule has 0 bridgehead atoms. The minimum Gasteiger partial charge on any atom is -0.481 e. The van der Waals surface area contributed by atoms with Crippen molar-refractivity contribution in [2.24, 2.45) is 0 Å². The number of ether oxygens (including phenoxy) is 2. The van der Waals surface area contributed by atoms with Crippen molar-refractivity contribution in [3.63, 3.8) is 0 Å². The molecular formula is C10H9BrO4. The van der Waals surface area contributed by atoms with E-state index in [1.807, 2.05) is 0 Å². The summed E-state index contributed by atoms with van der Waals surface area (Å²) in [6, 6.07) is 3.56. The number of hydrogen-bond acceptors (Lipinski definition) is 3. The largest absolute Gasteiger partial charge is 0.481 e. The van der Waals surface area contributed by atoms with Gasteiger partial charge in [0, 0.05) is 5.56 Å². The molecule has 4 nitrogen and oxygen atoms in total. The first-order valence-electron chi connectivity index (χ1n) is 4.40. The number of halogens is 1. The Kier molecular flexibility index (Phi) is 2.93. The normalized spacial score (nSPS) is 14.2. The van der Waals surface area contributed by atoms with Crippen molar-refractivity contribution in [2.45, 2.75) is 13.0 Å². The SMILES string of the molecule is O=C(O)Cc1cc(Br)c2c(c1)COCO2. The predicted octanol–water partition coefficient (Wildman–Crippen LogP) is 1.94. The quantitative estimate of drug-likeness (QED) is 0.894. The van der Waals surface area contributed by atoms with Gasteiger partial charge in [-0.15, -0.1) is 0 Å². The minimum absolute atomic E-state index is 0.00583. The van der Waals surface area contributed by atoms with Crippen LogP contribution in [0.3, 0.4) is 0 Å². The van der Waals surface area contributed by atoms with Gasteiger partial charge in [-0.25, -0.2) is 0 Å². The van der Waals surface area contributed by atoms with E-state index in [-0.39, 0.29) is 13.2 Å². The lowest BCUT2D eigenvalue weighted by Crippen LogP contribution is -2.12. The second-order valence-electron chi connectivity index (χ2n) is 3.25. The van der Waals surface area contributed by atoms with E-state index in [1.165, 1.54) is 0 Å². The van der Waals surface area contributed by atoms with E-state index in [0.717, 1.165) is 21.3 Å².